The average molecular weight is 1220 g/mol. The van der Waals surface area contributed by atoms with E-state index in [0.717, 1.165) is 59.1 Å². The number of thiophene rings is 3. The van der Waals surface area contributed by atoms with E-state index in [0.29, 0.717) is 30.9 Å². The minimum absolute atomic E-state index is 0.00429. The lowest BCUT2D eigenvalue weighted by molar-refractivity contribution is 0.0318. The van der Waals surface area contributed by atoms with Crippen LogP contribution in [-0.2, 0) is 60.3 Å². The highest BCUT2D eigenvalue weighted by Gasteiger charge is 2.60. The van der Waals surface area contributed by atoms with Crippen molar-refractivity contribution in [3.05, 3.63) is 127 Å². The number of sulfone groups is 3. The molecule has 0 aromatic carbocycles. The van der Waals surface area contributed by atoms with Crippen LogP contribution in [0.4, 0.5) is 5.69 Å². The molecular formula is C57H56N10O9S6. The van der Waals surface area contributed by atoms with Crippen LogP contribution < -0.4 is 17.2 Å². The van der Waals surface area contributed by atoms with Crippen molar-refractivity contribution < 1.29 is 39.5 Å². The largest absolute Gasteiger partial charge is 0.457 e. The van der Waals surface area contributed by atoms with Gasteiger partial charge in [-0.15, -0.1) is 39.9 Å². The molecule has 4 fully saturated rings. The third kappa shape index (κ3) is 12.0. The van der Waals surface area contributed by atoms with Gasteiger partial charge in [0.2, 0.25) is 5.69 Å². The van der Waals surface area contributed by atoms with Gasteiger partial charge in [-0.3, -0.25) is 15.0 Å². The van der Waals surface area contributed by atoms with Crippen molar-refractivity contribution in [3.63, 3.8) is 0 Å². The van der Waals surface area contributed by atoms with E-state index in [1.54, 1.807) is 60.5 Å². The second-order valence-electron chi connectivity index (χ2n) is 22.6. The minimum Gasteiger partial charge on any atom is -0.457 e. The van der Waals surface area contributed by atoms with Gasteiger partial charge in [-0.25, -0.2) is 45.1 Å². The number of amidine groups is 3. The molecule has 3 saturated heterocycles. The summed E-state index contributed by atoms with van der Waals surface area (Å²) in [5, 5.41) is 6.10. The summed E-state index contributed by atoms with van der Waals surface area (Å²) < 4.78 is 87.2. The van der Waals surface area contributed by atoms with Gasteiger partial charge in [-0.2, -0.15) is 0 Å². The monoisotopic (exact) mass is 1220 g/mol. The Morgan fingerprint density at radius 1 is 0.524 bits per heavy atom. The highest BCUT2D eigenvalue weighted by molar-refractivity contribution is 7.93. The first kappa shape index (κ1) is 56.7. The molecule has 25 heteroatoms. The van der Waals surface area contributed by atoms with E-state index in [9.17, 15) is 25.3 Å². The summed E-state index contributed by atoms with van der Waals surface area (Å²) in [6.07, 6.45) is 14.2. The number of nitrogens with zero attached hydrogens (tertiary/aromatic N) is 7. The zero-order valence-electron chi connectivity index (χ0n) is 45.0. The van der Waals surface area contributed by atoms with Crippen LogP contribution in [0, 0.1) is 36.2 Å². The molecule has 0 amide bonds. The normalized spacial score (nSPS) is 25.7. The van der Waals surface area contributed by atoms with Gasteiger partial charge in [0, 0.05) is 99.2 Å². The molecule has 13 rings (SSSR count). The molecule has 6 aromatic rings. The second kappa shape index (κ2) is 20.6. The molecule has 0 radical (unpaired) electrons. The van der Waals surface area contributed by atoms with Gasteiger partial charge < -0.3 is 31.4 Å². The van der Waals surface area contributed by atoms with E-state index in [2.05, 4.69) is 82.0 Å². The molecule has 6 N–H and O–H groups in total. The van der Waals surface area contributed by atoms with Gasteiger partial charge in [-0.05, 0) is 115 Å². The van der Waals surface area contributed by atoms with E-state index < -0.39 is 62.9 Å². The highest BCUT2D eigenvalue weighted by atomic mass is 32.2. The number of ether oxygens (including phenoxy) is 3. The lowest BCUT2D eigenvalue weighted by atomic mass is 9.85. The van der Waals surface area contributed by atoms with Crippen LogP contribution in [0.3, 0.4) is 0 Å². The summed E-state index contributed by atoms with van der Waals surface area (Å²) in [4.78, 5) is 32.6. The van der Waals surface area contributed by atoms with Crippen molar-refractivity contribution in [1.82, 2.24) is 15.0 Å². The van der Waals surface area contributed by atoms with Crippen molar-refractivity contribution >= 4 is 87.3 Å². The van der Waals surface area contributed by atoms with Crippen molar-refractivity contribution in [1.29, 1.82) is 0 Å². The van der Waals surface area contributed by atoms with E-state index in [4.69, 9.17) is 38.0 Å². The average Bonchev–Trinajstić information content (AvgIpc) is 3.65. The molecule has 3 spiro atoms. The maximum absolute atomic E-state index is 11.8. The van der Waals surface area contributed by atoms with Gasteiger partial charge in [0.05, 0.1) is 41.1 Å². The summed E-state index contributed by atoms with van der Waals surface area (Å²) in [6, 6.07) is 12.1. The SMILES string of the molecule is CC#Cc1cncc(-c2csc(C3(C)CC4(CS(=O)(=O)C4)OC(N)=N3)c2)c1.CC1(c2cc(-c3cncc(C#CC4CC4)c3)cs2)CC2(CS(=O)(=O)C2)OC(N)=N1.[C-]#[N+]c1cncc(-c2csc(C3(C)CC4(CS(=O)(=O)C4)OC(N)=N3)c2)c1. The first-order valence-corrected chi connectivity index (χ1v) is 34.0. The Balaban J connectivity index is 0.000000129. The standard InChI is InChI=1S/C21H21N3O3S2.C19H19N3O3S2.C17H16N4O3S2/c1-20(11-21(27-19(22)24-20)12-29(25,26)13-21)18-7-17(10-28-18)16-6-15(8-23-9-16)5-4-14-2-3-14;1-3-4-13-5-14(8-21-7-13)15-6-16(26-9-15)18(2)10-19(25-17(20)22-18)11-27(23,24)12-19;1-16(8-17(24-15(18)21-16)9-26(22,23)10-17)14-4-12(7-25-14)11-3-13(19-2)6-20-5-11/h6-10,14H,2-3,11-13H2,1H3,(H2,22,24);5-9H,10-12H2,1-2H3,(H2,20,22);3-7H,8-10H2,1H3,(H2,18,21). The zero-order chi connectivity index (χ0) is 58.1. The van der Waals surface area contributed by atoms with Crippen LogP contribution in [0.15, 0.2) is 105 Å². The smallest absolute Gasteiger partial charge is 0.283 e. The number of hydrogen-bond donors (Lipinski definition) is 3. The molecule has 82 heavy (non-hydrogen) atoms. The Kier molecular flexibility index (Phi) is 14.2. The van der Waals surface area contributed by atoms with Gasteiger partial charge in [0.1, 0.15) is 33.4 Å². The van der Waals surface area contributed by atoms with Gasteiger partial charge in [0.15, 0.2) is 29.5 Å². The number of aliphatic imine (C=N–C) groups is 3. The van der Waals surface area contributed by atoms with E-state index >= 15 is 0 Å². The quantitative estimate of drug-likeness (QED) is 0.108. The van der Waals surface area contributed by atoms with E-state index in [1.807, 2.05) is 49.9 Å². The molecule has 6 aliphatic heterocycles. The van der Waals surface area contributed by atoms with Crippen LogP contribution in [0.25, 0.3) is 38.2 Å². The molecule has 424 valence electrons. The Morgan fingerprint density at radius 2 is 0.878 bits per heavy atom. The Labute approximate surface area is 488 Å². The summed E-state index contributed by atoms with van der Waals surface area (Å²) in [7, 11) is -9.15. The molecule has 1 aliphatic carbocycles. The number of aromatic nitrogens is 3. The van der Waals surface area contributed by atoms with Crippen LogP contribution in [-0.4, -0.2) is 110 Å². The number of hydrogen-bond acceptors (Lipinski definition) is 21. The molecule has 3 atom stereocenters. The third-order valence-electron chi connectivity index (χ3n) is 14.9. The zero-order valence-corrected chi connectivity index (χ0v) is 49.9. The third-order valence-corrected chi connectivity index (χ3v) is 24.3. The Bertz CT molecular complexity index is 4180. The lowest BCUT2D eigenvalue weighted by Crippen LogP contribution is -2.62. The summed E-state index contributed by atoms with van der Waals surface area (Å²) in [5.74, 6) is 12.8. The van der Waals surface area contributed by atoms with Gasteiger partial charge in [0.25, 0.3) is 18.1 Å². The van der Waals surface area contributed by atoms with Crippen molar-refractivity contribution in [2.75, 3.05) is 34.5 Å². The van der Waals surface area contributed by atoms with Crippen LogP contribution in [0.5, 0.6) is 0 Å². The topological polar surface area (TPSA) is 288 Å². The molecule has 12 heterocycles. The van der Waals surface area contributed by atoms with Crippen molar-refractivity contribution in [2.45, 2.75) is 93.2 Å². The number of pyridine rings is 3. The van der Waals surface area contributed by atoms with Gasteiger partial charge in [-0.1, -0.05) is 17.8 Å². The first-order valence-electron chi connectivity index (χ1n) is 25.9. The summed E-state index contributed by atoms with van der Waals surface area (Å²) in [5.41, 5.74) is 21.6. The number of nitrogens with two attached hydrogens (primary N) is 3. The Hall–Kier alpha value is -7.18. The van der Waals surface area contributed by atoms with Gasteiger partial charge >= 0.3 is 0 Å². The molecular weight excluding hydrogens is 1160 g/mol. The van der Waals surface area contributed by atoms with E-state index in [1.165, 1.54) is 30.4 Å². The number of rotatable bonds is 6. The fraction of sp³-hybridized carbons (Fsp3) is 0.386. The van der Waals surface area contributed by atoms with Crippen LogP contribution in [0.2, 0.25) is 0 Å². The summed E-state index contributed by atoms with van der Waals surface area (Å²) >= 11 is 4.69. The molecule has 1 saturated carbocycles. The second-order valence-corrected chi connectivity index (χ2v) is 31.6. The Morgan fingerprint density at radius 3 is 1.22 bits per heavy atom. The van der Waals surface area contributed by atoms with Crippen LogP contribution in [0.1, 0.15) is 85.6 Å². The first-order chi connectivity index (χ1) is 38.7. The molecule has 6 aromatic heterocycles. The maximum atomic E-state index is 11.8. The maximum Gasteiger partial charge on any atom is 0.283 e. The minimum atomic E-state index is -3.06. The fourth-order valence-corrected chi connectivity index (χ4v) is 20.2. The lowest BCUT2D eigenvalue weighted by Gasteiger charge is -2.47. The predicted octanol–water partition coefficient (Wildman–Crippen LogP) is 7.47. The highest BCUT2D eigenvalue weighted by Crippen LogP contribution is 2.50. The summed E-state index contributed by atoms with van der Waals surface area (Å²) in [6.45, 7) is 14.8. The van der Waals surface area contributed by atoms with Crippen molar-refractivity contribution in [3.8, 4) is 57.1 Å². The predicted molar refractivity (Wildman–Crippen MR) is 319 cm³/mol. The molecule has 7 aliphatic rings. The molecule has 3 unspecified atom stereocenters. The van der Waals surface area contributed by atoms with E-state index in [-0.39, 0.29) is 52.6 Å². The molecule has 19 nitrogen and oxygen atoms in total. The van der Waals surface area contributed by atoms with Crippen LogP contribution >= 0.6 is 34.0 Å². The van der Waals surface area contributed by atoms with Crippen molar-refractivity contribution in [2.24, 2.45) is 38.1 Å². The molecule has 0 bridgehead atoms. The fourth-order valence-electron chi connectivity index (χ4n) is 11.6.